The van der Waals surface area contributed by atoms with Gasteiger partial charge in [-0.2, -0.15) is 11.8 Å². The summed E-state index contributed by atoms with van der Waals surface area (Å²) in [6.45, 7) is 0.808. The topological polar surface area (TPSA) is 57.6 Å². The second kappa shape index (κ2) is 6.79. The number of amides is 1. The Morgan fingerprint density at radius 2 is 2.15 bits per heavy atom. The van der Waals surface area contributed by atoms with Crippen molar-refractivity contribution in [3.05, 3.63) is 35.4 Å². The fourth-order valence-corrected chi connectivity index (χ4v) is 2.97. The molecule has 0 saturated carbocycles. The van der Waals surface area contributed by atoms with E-state index in [1.165, 1.54) is 0 Å². The number of thioether (sulfide) groups is 1. The van der Waals surface area contributed by atoms with Crippen LogP contribution < -0.4 is 0 Å². The number of carboxylic acids is 1. The van der Waals surface area contributed by atoms with E-state index in [0.717, 1.165) is 23.3 Å². The lowest BCUT2D eigenvalue weighted by molar-refractivity contribution is -0.141. The average Bonchev–Trinajstić information content (AvgIpc) is 2.46. The van der Waals surface area contributed by atoms with Gasteiger partial charge in [-0.15, -0.1) is 0 Å². The molecule has 1 amide bonds. The minimum atomic E-state index is -0.862. The highest BCUT2D eigenvalue weighted by Crippen LogP contribution is 2.28. The van der Waals surface area contributed by atoms with Crippen molar-refractivity contribution in [3.8, 4) is 0 Å². The molecule has 108 valence electrons. The first kappa shape index (κ1) is 14.9. The smallest absolute Gasteiger partial charge is 0.312 e. The second-order valence-electron chi connectivity index (χ2n) is 4.96. The number of fused-ring (bicyclic) bond motifs is 1. The summed E-state index contributed by atoms with van der Waals surface area (Å²) in [5, 5.41) is 9.36. The van der Waals surface area contributed by atoms with Crippen LogP contribution in [0.4, 0.5) is 0 Å². The number of hydrogen-bond donors (Lipinski definition) is 1. The standard InChI is InChI=1S/C15H19NO3S/c1-20-8-4-7-14(17)16-9-11-5-2-3-6-12(11)13(10-16)15(18)19/h2-3,5-6,13H,4,7-10H2,1H3,(H,18,19). The first-order chi connectivity index (χ1) is 9.63. The second-order valence-corrected chi connectivity index (χ2v) is 5.95. The highest BCUT2D eigenvalue weighted by Gasteiger charge is 2.31. The summed E-state index contributed by atoms with van der Waals surface area (Å²) in [5.41, 5.74) is 1.79. The lowest BCUT2D eigenvalue weighted by Crippen LogP contribution is -2.40. The molecule has 4 nitrogen and oxygen atoms in total. The Morgan fingerprint density at radius 3 is 2.85 bits per heavy atom. The Bertz CT molecular complexity index is 504. The van der Waals surface area contributed by atoms with Crippen molar-refractivity contribution in [2.75, 3.05) is 18.6 Å². The summed E-state index contributed by atoms with van der Waals surface area (Å²) in [6.07, 6.45) is 3.35. The summed E-state index contributed by atoms with van der Waals surface area (Å²) < 4.78 is 0. The van der Waals surface area contributed by atoms with E-state index in [2.05, 4.69) is 0 Å². The van der Waals surface area contributed by atoms with Crippen LogP contribution in [-0.4, -0.2) is 40.4 Å². The summed E-state index contributed by atoms with van der Waals surface area (Å²) >= 11 is 1.72. The van der Waals surface area contributed by atoms with Crippen LogP contribution in [0.2, 0.25) is 0 Å². The van der Waals surface area contributed by atoms with Crippen molar-refractivity contribution in [2.45, 2.75) is 25.3 Å². The Hall–Kier alpha value is -1.49. The van der Waals surface area contributed by atoms with Gasteiger partial charge < -0.3 is 10.0 Å². The number of carbonyl (C=O) groups excluding carboxylic acids is 1. The highest BCUT2D eigenvalue weighted by molar-refractivity contribution is 7.98. The largest absolute Gasteiger partial charge is 0.481 e. The third-order valence-electron chi connectivity index (χ3n) is 3.58. The van der Waals surface area contributed by atoms with Crippen LogP contribution in [0, 0.1) is 0 Å². The molecule has 0 fully saturated rings. The lowest BCUT2D eigenvalue weighted by Gasteiger charge is -2.32. The van der Waals surface area contributed by atoms with E-state index in [1.807, 2.05) is 30.5 Å². The van der Waals surface area contributed by atoms with Crippen LogP contribution in [-0.2, 0) is 16.1 Å². The quantitative estimate of drug-likeness (QED) is 0.847. The molecule has 0 bridgehead atoms. The van der Waals surface area contributed by atoms with E-state index in [9.17, 15) is 14.7 Å². The highest BCUT2D eigenvalue weighted by atomic mass is 32.2. The van der Waals surface area contributed by atoms with Crippen molar-refractivity contribution in [2.24, 2.45) is 0 Å². The van der Waals surface area contributed by atoms with Crippen LogP contribution in [0.25, 0.3) is 0 Å². The van der Waals surface area contributed by atoms with Crippen LogP contribution in [0.1, 0.15) is 29.9 Å². The van der Waals surface area contributed by atoms with E-state index in [1.54, 1.807) is 16.7 Å². The zero-order valence-corrected chi connectivity index (χ0v) is 12.4. The van der Waals surface area contributed by atoms with Gasteiger partial charge in [0.25, 0.3) is 0 Å². The third kappa shape index (κ3) is 3.33. The number of aliphatic carboxylic acids is 1. The average molecular weight is 293 g/mol. The van der Waals surface area contributed by atoms with Crippen molar-refractivity contribution >= 4 is 23.6 Å². The number of benzene rings is 1. The van der Waals surface area contributed by atoms with Gasteiger partial charge in [-0.25, -0.2) is 0 Å². The Kier molecular flexibility index (Phi) is 5.06. The maximum atomic E-state index is 12.2. The van der Waals surface area contributed by atoms with Gasteiger partial charge in [-0.3, -0.25) is 9.59 Å². The zero-order chi connectivity index (χ0) is 14.5. The molecule has 1 aliphatic rings. The number of nitrogens with zero attached hydrogens (tertiary/aromatic N) is 1. The summed E-state index contributed by atoms with van der Waals surface area (Å²) in [4.78, 5) is 25.3. The molecule has 1 aromatic carbocycles. The molecule has 1 atom stereocenters. The van der Waals surface area contributed by atoms with Gasteiger partial charge in [0.05, 0.1) is 5.92 Å². The molecule has 1 heterocycles. The minimum Gasteiger partial charge on any atom is -0.481 e. The molecule has 0 radical (unpaired) electrons. The van der Waals surface area contributed by atoms with E-state index < -0.39 is 11.9 Å². The monoisotopic (exact) mass is 293 g/mol. The minimum absolute atomic E-state index is 0.0554. The van der Waals surface area contributed by atoms with Gasteiger partial charge in [0.1, 0.15) is 0 Å². The Labute approximate surface area is 123 Å². The van der Waals surface area contributed by atoms with Gasteiger partial charge in [-0.05, 0) is 29.6 Å². The van der Waals surface area contributed by atoms with Crippen LogP contribution in [0.5, 0.6) is 0 Å². The van der Waals surface area contributed by atoms with Gasteiger partial charge in [0.2, 0.25) is 5.91 Å². The van der Waals surface area contributed by atoms with Crippen molar-refractivity contribution < 1.29 is 14.7 Å². The van der Waals surface area contributed by atoms with E-state index >= 15 is 0 Å². The number of carboxylic acid groups (broad SMARTS) is 1. The van der Waals surface area contributed by atoms with Gasteiger partial charge >= 0.3 is 5.97 Å². The van der Waals surface area contributed by atoms with Gasteiger partial charge in [0, 0.05) is 19.5 Å². The lowest BCUT2D eigenvalue weighted by atomic mass is 9.89. The van der Waals surface area contributed by atoms with Crippen LogP contribution in [0.15, 0.2) is 24.3 Å². The molecule has 2 rings (SSSR count). The van der Waals surface area contributed by atoms with Crippen LogP contribution in [0.3, 0.4) is 0 Å². The molecule has 5 heteroatoms. The third-order valence-corrected chi connectivity index (χ3v) is 4.28. The van der Waals surface area contributed by atoms with Gasteiger partial charge in [0.15, 0.2) is 0 Å². The predicted octanol–water partition coefficient (Wildman–Crippen LogP) is 2.34. The van der Waals surface area contributed by atoms with Gasteiger partial charge in [-0.1, -0.05) is 24.3 Å². The zero-order valence-electron chi connectivity index (χ0n) is 11.5. The molecule has 1 N–H and O–H groups in total. The fraction of sp³-hybridized carbons (Fsp3) is 0.467. The summed E-state index contributed by atoms with van der Waals surface area (Å²) in [6, 6.07) is 7.50. The summed E-state index contributed by atoms with van der Waals surface area (Å²) in [5.74, 6) is -0.457. The van der Waals surface area contributed by atoms with Crippen LogP contribution >= 0.6 is 11.8 Å². The van der Waals surface area contributed by atoms with E-state index in [-0.39, 0.29) is 12.5 Å². The molecular formula is C15H19NO3S. The maximum Gasteiger partial charge on any atom is 0.312 e. The SMILES string of the molecule is CSCCCC(=O)N1Cc2ccccc2C(C(=O)O)C1. The first-order valence-corrected chi connectivity index (χ1v) is 8.10. The molecular weight excluding hydrogens is 274 g/mol. The summed E-state index contributed by atoms with van der Waals surface area (Å²) in [7, 11) is 0. The number of rotatable bonds is 5. The van der Waals surface area contributed by atoms with Crippen molar-refractivity contribution in [1.29, 1.82) is 0 Å². The Balaban J connectivity index is 2.12. The molecule has 0 spiro atoms. The maximum absolute atomic E-state index is 12.2. The molecule has 1 aromatic rings. The molecule has 20 heavy (non-hydrogen) atoms. The Morgan fingerprint density at radius 1 is 1.40 bits per heavy atom. The molecule has 0 aromatic heterocycles. The first-order valence-electron chi connectivity index (χ1n) is 6.70. The van der Waals surface area contributed by atoms with E-state index in [4.69, 9.17) is 0 Å². The molecule has 0 saturated heterocycles. The number of carbonyl (C=O) groups is 2. The van der Waals surface area contributed by atoms with Crippen molar-refractivity contribution in [1.82, 2.24) is 4.90 Å². The molecule has 1 aliphatic heterocycles. The molecule has 0 aliphatic carbocycles. The number of hydrogen-bond acceptors (Lipinski definition) is 3. The molecule has 1 unspecified atom stereocenters. The van der Waals surface area contributed by atoms with Crippen molar-refractivity contribution in [3.63, 3.8) is 0 Å². The van der Waals surface area contributed by atoms with E-state index in [0.29, 0.717) is 13.0 Å². The fourth-order valence-electron chi connectivity index (χ4n) is 2.53. The normalized spacial score (nSPS) is 17.6. The predicted molar refractivity (Wildman–Crippen MR) is 79.9 cm³/mol.